The standard InChI is InChI=1S/C13H17NO2/c1-16-12(15)13(14)8-7-11(9-13)10-5-3-2-4-6-10/h2-6,11H,7-9,14H2,1H3/t11-,13-/m1/s1. The van der Waals surface area contributed by atoms with Crippen LogP contribution in [0.3, 0.4) is 0 Å². The highest BCUT2D eigenvalue weighted by Crippen LogP contribution is 2.39. The molecule has 1 aromatic carbocycles. The highest BCUT2D eigenvalue weighted by molar-refractivity contribution is 5.81. The number of hydrogen-bond acceptors (Lipinski definition) is 3. The van der Waals surface area contributed by atoms with Crippen molar-refractivity contribution >= 4 is 5.97 Å². The lowest BCUT2D eigenvalue weighted by molar-refractivity contribution is -0.146. The van der Waals surface area contributed by atoms with Crippen LogP contribution in [0.2, 0.25) is 0 Å². The number of carbonyl (C=O) groups excluding carboxylic acids is 1. The topological polar surface area (TPSA) is 52.3 Å². The third-order valence-electron chi connectivity index (χ3n) is 3.41. The number of benzene rings is 1. The van der Waals surface area contributed by atoms with Crippen LogP contribution in [-0.2, 0) is 9.53 Å². The van der Waals surface area contributed by atoms with Gasteiger partial charge in [-0.1, -0.05) is 30.3 Å². The zero-order valence-corrected chi connectivity index (χ0v) is 9.48. The summed E-state index contributed by atoms with van der Waals surface area (Å²) in [6.45, 7) is 0. The van der Waals surface area contributed by atoms with Gasteiger partial charge in [-0.25, -0.2) is 0 Å². The summed E-state index contributed by atoms with van der Waals surface area (Å²) in [5, 5.41) is 0. The van der Waals surface area contributed by atoms with Crippen molar-refractivity contribution in [2.45, 2.75) is 30.7 Å². The van der Waals surface area contributed by atoms with Crippen LogP contribution in [-0.4, -0.2) is 18.6 Å². The highest BCUT2D eigenvalue weighted by atomic mass is 16.5. The van der Waals surface area contributed by atoms with E-state index >= 15 is 0 Å². The molecule has 0 saturated heterocycles. The Morgan fingerprint density at radius 1 is 1.44 bits per heavy atom. The first-order chi connectivity index (χ1) is 7.65. The van der Waals surface area contributed by atoms with Crippen molar-refractivity contribution in [2.75, 3.05) is 7.11 Å². The summed E-state index contributed by atoms with van der Waals surface area (Å²) in [4.78, 5) is 11.6. The van der Waals surface area contributed by atoms with Gasteiger partial charge < -0.3 is 10.5 Å². The Kier molecular flexibility index (Phi) is 2.97. The monoisotopic (exact) mass is 219 g/mol. The molecule has 0 amide bonds. The Labute approximate surface area is 95.6 Å². The molecule has 1 aliphatic carbocycles. The average molecular weight is 219 g/mol. The lowest BCUT2D eigenvalue weighted by atomic mass is 9.93. The third-order valence-corrected chi connectivity index (χ3v) is 3.41. The Hall–Kier alpha value is -1.35. The first-order valence-corrected chi connectivity index (χ1v) is 5.58. The predicted octanol–water partition coefficient (Wildman–Crippen LogP) is 1.82. The van der Waals surface area contributed by atoms with Crippen molar-refractivity contribution in [3.05, 3.63) is 35.9 Å². The van der Waals surface area contributed by atoms with E-state index in [1.807, 2.05) is 18.2 Å². The lowest BCUT2D eigenvalue weighted by Gasteiger charge is -2.20. The molecule has 0 unspecified atom stereocenters. The summed E-state index contributed by atoms with van der Waals surface area (Å²) >= 11 is 0. The van der Waals surface area contributed by atoms with Gasteiger partial charge in [0.25, 0.3) is 0 Å². The largest absolute Gasteiger partial charge is 0.468 e. The summed E-state index contributed by atoms with van der Waals surface area (Å²) < 4.78 is 4.76. The van der Waals surface area contributed by atoms with Crippen molar-refractivity contribution in [3.8, 4) is 0 Å². The molecule has 1 aliphatic rings. The fourth-order valence-corrected chi connectivity index (χ4v) is 2.47. The number of rotatable bonds is 2. The third kappa shape index (κ3) is 1.95. The molecular weight excluding hydrogens is 202 g/mol. The molecule has 1 aromatic rings. The number of ether oxygens (including phenoxy) is 1. The molecule has 1 fully saturated rings. The minimum Gasteiger partial charge on any atom is -0.468 e. The molecule has 2 rings (SSSR count). The second-order valence-electron chi connectivity index (χ2n) is 4.50. The van der Waals surface area contributed by atoms with Gasteiger partial charge in [0, 0.05) is 0 Å². The molecule has 1 saturated carbocycles. The van der Waals surface area contributed by atoms with Gasteiger partial charge in [-0.2, -0.15) is 0 Å². The molecule has 0 heterocycles. The quantitative estimate of drug-likeness (QED) is 0.772. The molecule has 0 bridgehead atoms. The van der Waals surface area contributed by atoms with Crippen LogP contribution < -0.4 is 5.73 Å². The smallest absolute Gasteiger partial charge is 0.325 e. The Balaban J connectivity index is 2.12. The summed E-state index contributed by atoms with van der Waals surface area (Å²) in [5.74, 6) is 0.0937. The molecule has 2 N–H and O–H groups in total. The minimum absolute atomic E-state index is 0.286. The zero-order valence-electron chi connectivity index (χ0n) is 9.48. The number of hydrogen-bond donors (Lipinski definition) is 1. The Bertz CT molecular complexity index is 377. The van der Waals surface area contributed by atoms with Gasteiger partial charge in [0.15, 0.2) is 0 Å². The van der Waals surface area contributed by atoms with E-state index in [-0.39, 0.29) is 5.97 Å². The molecule has 0 aliphatic heterocycles. The van der Waals surface area contributed by atoms with Crippen LogP contribution in [0.15, 0.2) is 30.3 Å². The van der Waals surface area contributed by atoms with E-state index in [0.717, 1.165) is 6.42 Å². The summed E-state index contributed by atoms with van der Waals surface area (Å²) in [6, 6.07) is 10.2. The molecule has 3 nitrogen and oxygen atoms in total. The van der Waals surface area contributed by atoms with Crippen LogP contribution in [0, 0.1) is 0 Å². The molecule has 0 radical (unpaired) electrons. The summed E-state index contributed by atoms with van der Waals surface area (Å²) in [6.07, 6.45) is 2.35. The molecule has 86 valence electrons. The Morgan fingerprint density at radius 2 is 2.12 bits per heavy atom. The molecular formula is C13H17NO2. The van der Waals surface area contributed by atoms with Crippen molar-refractivity contribution in [2.24, 2.45) is 5.73 Å². The van der Waals surface area contributed by atoms with E-state index in [2.05, 4.69) is 12.1 Å². The normalized spacial score (nSPS) is 29.0. The van der Waals surface area contributed by atoms with E-state index in [1.54, 1.807) is 0 Å². The maximum absolute atomic E-state index is 11.6. The van der Waals surface area contributed by atoms with Crippen LogP contribution in [0.25, 0.3) is 0 Å². The van der Waals surface area contributed by atoms with Crippen molar-refractivity contribution in [1.82, 2.24) is 0 Å². The van der Waals surface area contributed by atoms with Gasteiger partial charge in [-0.3, -0.25) is 4.79 Å². The van der Waals surface area contributed by atoms with E-state index in [0.29, 0.717) is 18.8 Å². The predicted molar refractivity (Wildman–Crippen MR) is 62.0 cm³/mol. The molecule has 16 heavy (non-hydrogen) atoms. The van der Waals surface area contributed by atoms with Crippen LogP contribution in [0.5, 0.6) is 0 Å². The van der Waals surface area contributed by atoms with Crippen LogP contribution >= 0.6 is 0 Å². The van der Waals surface area contributed by atoms with E-state index in [9.17, 15) is 4.79 Å². The maximum Gasteiger partial charge on any atom is 0.325 e. The van der Waals surface area contributed by atoms with Crippen LogP contribution in [0.1, 0.15) is 30.7 Å². The fraction of sp³-hybridized carbons (Fsp3) is 0.462. The van der Waals surface area contributed by atoms with Crippen LogP contribution in [0.4, 0.5) is 0 Å². The molecule has 0 aromatic heterocycles. The minimum atomic E-state index is -0.782. The molecule has 2 atom stereocenters. The van der Waals surface area contributed by atoms with Gasteiger partial charge in [0.2, 0.25) is 0 Å². The molecule has 0 spiro atoms. The zero-order chi connectivity index (χ0) is 11.6. The number of carbonyl (C=O) groups is 1. The van der Waals surface area contributed by atoms with Gasteiger partial charge >= 0.3 is 5.97 Å². The van der Waals surface area contributed by atoms with Gasteiger partial charge in [0.05, 0.1) is 7.11 Å². The average Bonchev–Trinajstić information content (AvgIpc) is 2.73. The number of nitrogens with two attached hydrogens (primary N) is 1. The van der Waals surface area contributed by atoms with Crippen molar-refractivity contribution in [1.29, 1.82) is 0 Å². The first-order valence-electron chi connectivity index (χ1n) is 5.58. The lowest BCUT2D eigenvalue weighted by Crippen LogP contribution is -2.46. The SMILES string of the molecule is COC(=O)[C@@]1(N)CC[C@@H](c2ccccc2)C1. The van der Waals surface area contributed by atoms with E-state index in [1.165, 1.54) is 12.7 Å². The first kappa shape index (κ1) is 11.1. The van der Waals surface area contributed by atoms with E-state index in [4.69, 9.17) is 10.5 Å². The van der Waals surface area contributed by atoms with Gasteiger partial charge in [-0.05, 0) is 30.7 Å². The van der Waals surface area contributed by atoms with Gasteiger partial charge in [-0.15, -0.1) is 0 Å². The maximum atomic E-state index is 11.6. The second kappa shape index (κ2) is 4.26. The van der Waals surface area contributed by atoms with Crippen molar-refractivity contribution in [3.63, 3.8) is 0 Å². The molecule has 3 heteroatoms. The summed E-state index contributed by atoms with van der Waals surface area (Å²) in [7, 11) is 1.40. The van der Waals surface area contributed by atoms with Crippen molar-refractivity contribution < 1.29 is 9.53 Å². The fourth-order valence-electron chi connectivity index (χ4n) is 2.47. The second-order valence-corrected chi connectivity index (χ2v) is 4.50. The van der Waals surface area contributed by atoms with E-state index < -0.39 is 5.54 Å². The number of esters is 1. The Morgan fingerprint density at radius 3 is 2.75 bits per heavy atom. The number of methoxy groups -OCH3 is 1. The highest BCUT2D eigenvalue weighted by Gasteiger charge is 2.43. The van der Waals surface area contributed by atoms with Gasteiger partial charge in [0.1, 0.15) is 5.54 Å². The summed E-state index contributed by atoms with van der Waals surface area (Å²) in [5.41, 5.74) is 6.55.